The van der Waals surface area contributed by atoms with Crippen molar-refractivity contribution < 1.29 is 23.5 Å². The van der Waals surface area contributed by atoms with Crippen LogP contribution in [0.1, 0.15) is 22.2 Å². The van der Waals surface area contributed by atoms with E-state index in [4.69, 9.17) is 20.7 Å². The van der Waals surface area contributed by atoms with Crippen molar-refractivity contribution in [1.29, 1.82) is 0 Å². The van der Waals surface area contributed by atoms with Crippen LogP contribution < -0.4 is 10.1 Å². The Hall–Kier alpha value is -1.65. The maximum atomic E-state index is 12.3. The minimum Gasteiger partial charge on any atom is -0.425 e. The number of carbonyl (C=O) groups is 2. The van der Waals surface area contributed by atoms with Gasteiger partial charge in [-0.1, -0.05) is 11.6 Å². The van der Waals surface area contributed by atoms with E-state index in [-0.39, 0.29) is 16.7 Å². The smallest absolute Gasteiger partial charge is 0.308 e. The van der Waals surface area contributed by atoms with Gasteiger partial charge in [-0.15, -0.1) is 11.3 Å². The van der Waals surface area contributed by atoms with Crippen molar-refractivity contribution >= 4 is 52.0 Å². The fraction of sp³-hybridized carbons (Fsp3) is 0.267. The molecule has 0 aliphatic rings. The molecule has 0 radical (unpaired) electrons. The summed E-state index contributed by atoms with van der Waals surface area (Å²) >= 11 is 8.58. The Labute approximate surface area is 157 Å². The van der Waals surface area contributed by atoms with Crippen LogP contribution in [0.15, 0.2) is 24.4 Å². The van der Waals surface area contributed by atoms with Gasteiger partial charge in [-0.3, -0.25) is 14.9 Å². The predicted molar refractivity (Wildman–Crippen MR) is 97.1 cm³/mol. The van der Waals surface area contributed by atoms with E-state index >= 15 is 0 Å². The lowest BCUT2D eigenvalue weighted by molar-refractivity contribution is -0.160. The number of hydrogen-bond donors (Lipinski definition) is 1. The van der Waals surface area contributed by atoms with E-state index < -0.39 is 5.97 Å². The highest BCUT2D eigenvalue weighted by molar-refractivity contribution is 7.94. The van der Waals surface area contributed by atoms with Crippen LogP contribution in [-0.4, -0.2) is 29.7 Å². The third kappa shape index (κ3) is 6.29. The van der Waals surface area contributed by atoms with Crippen LogP contribution in [0.4, 0.5) is 5.13 Å². The number of rotatable bonds is 8. The molecule has 7 nitrogen and oxygen atoms in total. The Morgan fingerprint density at radius 3 is 2.88 bits per heavy atom. The first-order chi connectivity index (χ1) is 12.0. The topological polar surface area (TPSA) is 86.8 Å². The number of nitrogens with zero attached hydrogens (tertiary/aromatic N) is 1. The normalized spacial score (nSPS) is 10.5. The number of amides is 1. The molecule has 1 N–H and O–H groups in total. The molecule has 2 rings (SSSR count). The summed E-state index contributed by atoms with van der Waals surface area (Å²) in [4.78, 5) is 32.9. The summed E-state index contributed by atoms with van der Waals surface area (Å²) in [6.07, 6.45) is 2.44. The molecule has 0 bridgehead atoms. The summed E-state index contributed by atoms with van der Waals surface area (Å²) in [6.45, 7) is 1.27. The zero-order valence-corrected chi connectivity index (χ0v) is 15.8. The number of halogens is 1. The van der Waals surface area contributed by atoms with E-state index in [2.05, 4.69) is 15.2 Å². The summed E-state index contributed by atoms with van der Waals surface area (Å²) in [6, 6.07) is 4.42. The van der Waals surface area contributed by atoms with Gasteiger partial charge in [-0.05, 0) is 24.6 Å². The Morgan fingerprint density at radius 1 is 1.40 bits per heavy atom. The molecule has 0 saturated carbocycles. The van der Waals surface area contributed by atoms with Crippen molar-refractivity contribution in [2.45, 2.75) is 13.3 Å². The van der Waals surface area contributed by atoms with Crippen LogP contribution in [0, 0.1) is 0 Å². The van der Waals surface area contributed by atoms with Gasteiger partial charge in [0.05, 0.1) is 12.1 Å². The maximum Gasteiger partial charge on any atom is 0.308 e. The average molecular weight is 403 g/mol. The number of ether oxygens (including phenoxy) is 1. The number of thiazole rings is 1. The first-order valence-electron chi connectivity index (χ1n) is 7.06. The number of aromatic nitrogens is 1. The molecule has 1 aromatic heterocycles. The monoisotopic (exact) mass is 402 g/mol. The highest BCUT2D eigenvalue weighted by atomic mass is 35.5. The second-order valence-electron chi connectivity index (χ2n) is 4.63. The maximum absolute atomic E-state index is 12.3. The molecule has 0 spiro atoms. The quantitative estimate of drug-likeness (QED) is 0.180. The summed E-state index contributed by atoms with van der Waals surface area (Å²) in [5, 5.41) is 3.37. The van der Waals surface area contributed by atoms with Crippen LogP contribution in [0.25, 0.3) is 0 Å². The Balaban J connectivity index is 1.94. The van der Waals surface area contributed by atoms with Crippen LogP contribution in [0.2, 0.25) is 5.02 Å². The fourth-order valence-corrected chi connectivity index (χ4v) is 3.38. The Bertz CT molecular complexity index is 753. The summed E-state index contributed by atoms with van der Waals surface area (Å²) in [5.41, 5.74) is 0.335. The molecule has 0 unspecified atom stereocenters. The van der Waals surface area contributed by atoms with Crippen molar-refractivity contribution in [2.75, 3.05) is 18.2 Å². The summed E-state index contributed by atoms with van der Waals surface area (Å²) in [5.74, 6) is 0.0761. The Morgan fingerprint density at radius 2 is 2.20 bits per heavy atom. The zero-order valence-electron chi connectivity index (χ0n) is 13.4. The number of hydrogen-bond acceptors (Lipinski definition) is 8. The van der Waals surface area contributed by atoms with Crippen molar-refractivity contribution in [3.63, 3.8) is 0 Å². The Kier molecular flexibility index (Phi) is 7.66. The lowest BCUT2D eigenvalue weighted by atomic mass is 10.2. The van der Waals surface area contributed by atoms with E-state index in [0.29, 0.717) is 16.4 Å². The highest BCUT2D eigenvalue weighted by Gasteiger charge is 2.13. The molecular weight excluding hydrogens is 388 g/mol. The van der Waals surface area contributed by atoms with Crippen molar-refractivity contribution in [3.8, 4) is 5.75 Å². The van der Waals surface area contributed by atoms with Gasteiger partial charge < -0.3 is 4.74 Å². The molecule has 0 aliphatic carbocycles. The van der Waals surface area contributed by atoms with Crippen molar-refractivity contribution in [3.05, 3.63) is 39.9 Å². The summed E-state index contributed by atoms with van der Waals surface area (Å²) in [7, 11) is 1.44. The number of benzene rings is 1. The van der Waals surface area contributed by atoms with Gasteiger partial charge in [0.2, 0.25) is 0 Å². The number of aryl methyl sites for hydroxylation is 1. The van der Waals surface area contributed by atoms with Crippen LogP contribution in [0.3, 0.4) is 0 Å². The molecule has 0 aliphatic heterocycles. The first kappa shape index (κ1) is 19.7. The minimum absolute atomic E-state index is 0.179. The lowest BCUT2D eigenvalue weighted by Gasteiger charge is -2.06. The first-order valence-corrected chi connectivity index (χ1v) is 9.16. The number of esters is 1. The average Bonchev–Trinajstić information content (AvgIpc) is 3.00. The number of nitrogens with one attached hydrogen (secondary N) is 1. The second kappa shape index (κ2) is 9.73. The molecule has 0 saturated heterocycles. The van der Waals surface area contributed by atoms with Gasteiger partial charge >= 0.3 is 5.97 Å². The second-order valence-corrected chi connectivity index (χ2v) is 6.93. The van der Waals surface area contributed by atoms with E-state index in [1.165, 1.54) is 55.6 Å². The molecule has 0 atom stereocenters. The minimum atomic E-state index is -0.483. The van der Waals surface area contributed by atoms with Gasteiger partial charge in [0.25, 0.3) is 5.91 Å². The molecule has 10 heteroatoms. The third-order valence-electron chi connectivity index (χ3n) is 2.77. The van der Waals surface area contributed by atoms with Crippen LogP contribution in [-0.2, 0) is 20.4 Å². The molecule has 1 amide bonds. The SMILES string of the molecule is COOSCCc1cnc(NC(=O)c2ccc(OC(C)=O)c(Cl)c2)s1. The van der Waals surface area contributed by atoms with E-state index in [1.54, 1.807) is 6.20 Å². The van der Waals surface area contributed by atoms with E-state index in [0.717, 1.165) is 11.3 Å². The van der Waals surface area contributed by atoms with Crippen molar-refractivity contribution in [1.82, 2.24) is 4.98 Å². The molecule has 2 aromatic rings. The van der Waals surface area contributed by atoms with Crippen molar-refractivity contribution in [2.24, 2.45) is 0 Å². The van der Waals surface area contributed by atoms with Gasteiger partial charge in [-0.25, -0.2) is 9.87 Å². The number of anilines is 1. The van der Waals surface area contributed by atoms with E-state index in [9.17, 15) is 9.59 Å². The standard InChI is InChI=1S/C15H15ClN2O5S2/c1-9(19)22-13-4-3-10(7-12(13)16)14(20)18-15-17-8-11(25-15)5-6-24-23-21-2/h3-4,7-8H,5-6H2,1-2H3,(H,17,18,20). The molecule has 1 heterocycles. The number of carbonyl (C=O) groups excluding carboxylic acids is 2. The lowest BCUT2D eigenvalue weighted by Crippen LogP contribution is -2.12. The zero-order chi connectivity index (χ0) is 18.2. The summed E-state index contributed by atoms with van der Waals surface area (Å²) < 4.78 is 9.64. The van der Waals surface area contributed by atoms with Gasteiger partial charge in [0, 0.05) is 41.4 Å². The third-order valence-corrected chi connectivity index (χ3v) is 4.64. The predicted octanol–water partition coefficient (Wildman–Crippen LogP) is 3.74. The van der Waals surface area contributed by atoms with Crippen LogP contribution in [0.5, 0.6) is 5.75 Å². The van der Waals surface area contributed by atoms with Gasteiger partial charge in [0.1, 0.15) is 5.75 Å². The van der Waals surface area contributed by atoms with E-state index in [1.807, 2.05) is 0 Å². The molecule has 0 fully saturated rings. The fourth-order valence-electron chi connectivity index (χ4n) is 1.75. The molecule has 25 heavy (non-hydrogen) atoms. The molecular formula is C15H15ClN2O5S2. The highest BCUT2D eigenvalue weighted by Crippen LogP contribution is 2.26. The molecule has 134 valence electrons. The molecule has 1 aromatic carbocycles. The van der Waals surface area contributed by atoms with Gasteiger partial charge in [-0.2, -0.15) is 4.33 Å². The van der Waals surface area contributed by atoms with Crippen LogP contribution >= 0.6 is 35.0 Å². The largest absolute Gasteiger partial charge is 0.425 e. The van der Waals surface area contributed by atoms with Gasteiger partial charge in [0.15, 0.2) is 5.13 Å².